The molecule has 0 fully saturated rings. The summed E-state index contributed by atoms with van der Waals surface area (Å²) in [5, 5.41) is 9.13. The normalized spacial score (nSPS) is 13.9. The molecule has 0 aliphatic heterocycles. The highest BCUT2D eigenvalue weighted by atomic mass is 31.2. The Morgan fingerprint density at radius 3 is 2.19 bits per heavy atom. The topological polar surface area (TPSA) is 121 Å². The molecule has 0 aromatic rings. The molecule has 1 atom stereocenters. The van der Waals surface area contributed by atoms with Gasteiger partial charge in [0.15, 0.2) is 0 Å². The number of aliphatic hydroxyl groups is 1. The summed E-state index contributed by atoms with van der Waals surface area (Å²) >= 11 is 0. The third-order valence-corrected chi connectivity index (χ3v) is 2.06. The van der Waals surface area contributed by atoms with Crippen LogP contribution >= 0.6 is 7.82 Å². The van der Waals surface area contributed by atoms with Crippen molar-refractivity contribution in [2.24, 2.45) is 5.92 Å². The van der Waals surface area contributed by atoms with Crippen molar-refractivity contribution in [2.75, 3.05) is 6.61 Å². The van der Waals surface area contributed by atoms with Crippen molar-refractivity contribution in [1.82, 2.24) is 0 Å². The van der Waals surface area contributed by atoms with Gasteiger partial charge in [-0.25, -0.2) is 4.57 Å². The van der Waals surface area contributed by atoms with E-state index in [1.54, 1.807) is 13.8 Å². The highest BCUT2D eigenvalue weighted by Crippen LogP contribution is 2.35. The number of phosphoric ester groups is 1. The predicted octanol–water partition coefficient (Wildman–Crippen LogP) is -0.359. The summed E-state index contributed by atoms with van der Waals surface area (Å²) in [5.74, 6) is -1.91. The largest absolute Gasteiger partial charge is 0.469 e. The third-order valence-electron chi connectivity index (χ3n) is 1.57. The van der Waals surface area contributed by atoms with Gasteiger partial charge in [0.2, 0.25) is 11.6 Å². The quantitative estimate of drug-likeness (QED) is 0.419. The van der Waals surface area contributed by atoms with E-state index in [2.05, 4.69) is 4.52 Å². The minimum Gasteiger partial charge on any atom is -0.382 e. The highest BCUT2D eigenvalue weighted by Gasteiger charge is 2.26. The highest BCUT2D eigenvalue weighted by molar-refractivity contribution is 7.46. The van der Waals surface area contributed by atoms with E-state index >= 15 is 0 Å². The van der Waals surface area contributed by atoms with Crippen LogP contribution in [0.1, 0.15) is 20.3 Å². The van der Waals surface area contributed by atoms with Gasteiger partial charge >= 0.3 is 7.82 Å². The Labute approximate surface area is 92.7 Å². The van der Waals surface area contributed by atoms with Crippen LogP contribution in [-0.2, 0) is 18.7 Å². The second-order valence-electron chi connectivity index (χ2n) is 3.69. The summed E-state index contributed by atoms with van der Waals surface area (Å²) in [6.45, 7) is 2.56. The molecule has 0 spiro atoms. The Hall–Kier alpha value is -0.590. The maximum atomic E-state index is 11.2. The van der Waals surface area contributed by atoms with Crippen LogP contribution in [0, 0.1) is 5.92 Å². The summed E-state index contributed by atoms with van der Waals surface area (Å²) in [7, 11) is -4.74. The summed E-state index contributed by atoms with van der Waals surface area (Å²) < 4.78 is 14.2. The fourth-order valence-corrected chi connectivity index (χ4v) is 1.24. The van der Waals surface area contributed by atoms with Gasteiger partial charge in [-0.1, -0.05) is 13.8 Å². The van der Waals surface area contributed by atoms with E-state index in [1.165, 1.54) is 0 Å². The monoisotopic (exact) mass is 254 g/mol. The second-order valence-corrected chi connectivity index (χ2v) is 4.93. The lowest BCUT2D eigenvalue weighted by molar-refractivity contribution is -0.143. The molecule has 16 heavy (non-hydrogen) atoms. The molecule has 0 heterocycles. The van der Waals surface area contributed by atoms with Crippen molar-refractivity contribution in [2.45, 2.75) is 26.4 Å². The van der Waals surface area contributed by atoms with Crippen LogP contribution in [0.2, 0.25) is 0 Å². The number of hydrogen-bond donors (Lipinski definition) is 3. The van der Waals surface area contributed by atoms with E-state index < -0.39 is 32.1 Å². The number of hydrogen-bond acceptors (Lipinski definition) is 5. The zero-order chi connectivity index (χ0) is 12.9. The van der Waals surface area contributed by atoms with Crippen LogP contribution in [0.3, 0.4) is 0 Å². The fourth-order valence-electron chi connectivity index (χ4n) is 0.901. The number of ketones is 2. The molecule has 0 saturated carbocycles. The lowest BCUT2D eigenvalue weighted by atomic mass is 10.0. The molecule has 0 aliphatic carbocycles. The van der Waals surface area contributed by atoms with Crippen LogP contribution in [0.4, 0.5) is 0 Å². The van der Waals surface area contributed by atoms with E-state index in [0.717, 1.165) is 0 Å². The number of aliphatic hydroxyl groups excluding tert-OH is 1. The first-order valence-electron chi connectivity index (χ1n) is 4.58. The van der Waals surface area contributed by atoms with E-state index in [0.29, 0.717) is 0 Å². The molecule has 0 aromatic carbocycles. The first-order chi connectivity index (χ1) is 7.13. The Morgan fingerprint density at radius 1 is 1.31 bits per heavy atom. The molecule has 0 aliphatic rings. The molecule has 0 bridgehead atoms. The molecule has 94 valence electrons. The minimum atomic E-state index is -4.74. The minimum absolute atomic E-state index is 0.0220. The van der Waals surface area contributed by atoms with Gasteiger partial charge in [0.25, 0.3) is 0 Å². The smallest absolute Gasteiger partial charge is 0.382 e. The molecular formula is C8H15O7P. The van der Waals surface area contributed by atoms with Gasteiger partial charge < -0.3 is 14.9 Å². The number of rotatable bonds is 7. The van der Waals surface area contributed by atoms with Crippen molar-refractivity contribution in [3.8, 4) is 0 Å². The molecule has 7 nitrogen and oxygen atoms in total. The van der Waals surface area contributed by atoms with Gasteiger partial charge in [-0.2, -0.15) is 0 Å². The van der Waals surface area contributed by atoms with Gasteiger partial charge in [-0.3, -0.25) is 14.1 Å². The third kappa shape index (κ3) is 6.81. The van der Waals surface area contributed by atoms with Crippen LogP contribution < -0.4 is 0 Å². The van der Waals surface area contributed by atoms with Crippen molar-refractivity contribution < 1.29 is 33.6 Å². The van der Waals surface area contributed by atoms with Crippen molar-refractivity contribution in [3.63, 3.8) is 0 Å². The summed E-state index contributed by atoms with van der Waals surface area (Å²) in [4.78, 5) is 39.0. The number of phosphoric acid groups is 1. The van der Waals surface area contributed by atoms with Crippen LogP contribution in [0.15, 0.2) is 0 Å². The molecule has 0 rings (SSSR count). The maximum Gasteiger partial charge on any atom is 0.469 e. The molecule has 3 N–H and O–H groups in total. The van der Waals surface area contributed by atoms with Crippen LogP contribution in [0.5, 0.6) is 0 Å². The van der Waals surface area contributed by atoms with Gasteiger partial charge in [0.05, 0.1) is 6.61 Å². The van der Waals surface area contributed by atoms with Crippen LogP contribution in [0.25, 0.3) is 0 Å². The summed E-state index contributed by atoms with van der Waals surface area (Å²) in [5.41, 5.74) is 0. The molecule has 0 amide bonds. The standard InChI is InChI=1S/C8H15O7P/c1-5(2)3-6(9)8(11)7(10)4-15-16(12,13)14/h5,7,10H,3-4H2,1-2H3,(H2,12,13,14). The fraction of sp³-hybridized carbons (Fsp3) is 0.750. The molecule has 8 heteroatoms. The number of Topliss-reactive ketones (excluding diaryl/α,β-unsaturated/α-hetero) is 2. The Kier molecular flexibility index (Phi) is 5.99. The van der Waals surface area contributed by atoms with Crippen LogP contribution in [-0.4, -0.2) is 39.2 Å². The van der Waals surface area contributed by atoms with Crippen molar-refractivity contribution in [3.05, 3.63) is 0 Å². The van der Waals surface area contributed by atoms with Crippen molar-refractivity contribution in [1.29, 1.82) is 0 Å². The Balaban J connectivity index is 4.19. The molecule has 0 radical (unpaired) electrons. The Morgan fingerprint density at radius 2 is 1.81 bits per heavy atom. The molecule has 0 aromatic heterocycles. The maximum absolute atomic E-state index is 11.2. The van der Waals surface area contributed by atoms with Gasteiger partial charge in [-0.15, -0.1) is 0 Å². The molecular weight excluding hydrogens is 239 g/mol. The Bertz CT molecular complexity index is 306. The lowest BCUT2D eigenvalue weighted by Crippen LogP contribution is -2.32. The SMILES string of the molecule is CC(C)CC(=O)C(=O)C(O)COP(=O)(O)O. The number of carbonyl (C=O) groups excluding carboxylic acids is 2. The first kappa shape index (κ1) is 15.4. The van der Waals surface area contributed by atoms with Gasteiger partial charge in [0.1, 0.15) is 6.10 Å². The predicted molar refractivity (Wildman–Crippen MR) is 53.5 cm³/mol. The first-order valence-corrected chi connectivity index (χ1v) is 6.11. The lowest BCUT2D eigenvalue weighted by Gasteiger charge is -2.10. The number of carbonyl (C=O) groups is 2. The molecule has 0 saturated heterocycles. The van der Waals surface area contributed by atoms with E-state index in [9.17, 15) is 14.2 Å². The molecule has 1 unspecified atom stereocenters. The average Bonchev–Trinajstić information content (AvgIpc) is 2.10. The zero-order valence-electron chi connectivity index (χ0n) is 8.99. The summed E-state index contributed by atoms with van der Waals surface area (Å²) in [6.07, 6.45) is -1.86. The van der Waals surface area contributed by atoms with Crippen molar-refractivity contribution >= 4 is 19.4 Å². The average molecular weight is 254 g/mol. The van der Waals surface area contributed by atoms with Gasteiger partial charge in [0, 0.05) is 6.42 Å². The van der Waals surface area contributed by atoms with Gasteiger partial charge in [-0.05, 0) is 5.92 Å². The zero-order valence-corrected chi connectivity index (χ0v) is 9.89. The second kappa shape index (κ2) is 6.22. The summed E-state index contributed by atoms with van der Waals surface area (Å²) in [6, 6.07) is 0. The van der Waals surface area contributed by atoms with E-state index in [4.69, 9.17) is 14.9 Å². The van der Waals surface area contributed by atoms with E-state index in [-0.39, 0.29) is 12.3 Å². The van der Waals surface area contributed by atoms with E-state index in [1.807, 2.05) is 0 Å².